The molecule has 0 saturated heterocycles. The molecule has 0 aromatic carbocycles. The predicted molar refractivity (Wildman–Crippen MR) is 72.8 cm³/mol. The predicted octanol–water partition coefficient (Wildman–Crippen LogP) is 2.53. The number of hydrogen-bond donors (Lipinski definition) is 1. The molecule has 0 unspecified atom stereocenters. The van der Waals surface area contributed by atoms with Crippen molar-refractivity contribution in [3.63, 3.8) is 0 Å². The molecule has 1 heterocycles. The molecule has 1 aliphatic rings. The van der Waals surface area contributed by atoms with Crippen LogP contribution in [0.25, 0.3) is 0 Å². The van der Waals surface area contributed by atoms with Gasteiger partial charge in [0, 0.05) is 25.8 Å². The second-order valence-electron chi connectivity index (χ2n) is 4.73. The van der Waals surface area contributed by atoms with E-state index in [4.69, 9.17) is 0 Å². The molecule has 0 radical (unpaired) electrons. The molecule has 18 heavy (non-hydrogen) atoms. The van der Waals surface area contributed by atoms with Gasteiger partial charge in [-0.3, -0.25) is 4.79 Å². The molecule has 0 spiro atoms. The van der Waals surface area contributed by atoms with Crippen molar-refractivity contribution in [2.24, 2.45) is 0 Å². The zero-order valence-corrected chi connectivity index (χ0v) is 11.1. The highest BCUT2D eigenvalue weighted by Crippen LogP contribution is 2.29. The maximum absolute atomic E-state index is 12.6. The third-order valence-corrected chi connectivity index (χ3v) is 3.28. The Bertz CT molecular complexity index is 415. The van der Waals surface area contributed by atoms with Crippen molar-refractivity contribution < 1.29 is 4.79 Å². The van der Waals surface area contributed by atoms with Crippen LogP contribution in [-0.2, 0) is 0 Å². The Morgan fingerprint density at radius 2 is 2.33 bits per heavy atom. The van der Waals surface area contributed by atoms with Crippen molar-refractivity contribution in [2.75, 3.05) is 18.9 Å². The highest BCUT2D eigenvalue weighted by molar-refractivity contribution is 5.99. The molecule has 1 saturated carbocycles. The molecule has 1 N–H and O–H groups in total. The summed E-state index contributed by atoms with van der Waals surface area (Å²) in [5.41, 5.74) is 0.683. The van der Waals surface area contributed by atoms with Crippen molar-refractivity contribution in [3.05, 3.63) is 23.9 Å². The van der Waals surface area contributed by atoms with Crippen LogP contribution < -0.4 is 5.32 Å². The van der Waals surface area contributed by atoms with Crippen LogP contribution in [0, 0.1) is 0 Å². The molecule has 0 aliphatic heterocycles. The lowest BCUT2D eigenvalue weighted by Crippen LogP contribution is -2.34. The summed E-state index contributed by atoms with van der Waals surface area (Å²) in [7, 11) is 1.80. The molecule has 1 fully saturated rings. The Balaban J connectivity index is 2.16. The van der Waals surface area contributed by atoms with E-state index in [1.54, 1.807) is 13.2 Å². The quantitative estimate of drug-likeness (QED) is 0.840. The summed E-state index contributed by atoms with van der Waals surface area (Å²) in [5.74, 6) is 0.785. The molecular weight excluding hydrogens is 226 g/mol. The van der Waals surface area contributed by atoms with Gasteiger partial charge in [-0.15, -0.1) is 0 Å². The fourth-order valence-corrected chi connectivity index (χ4v) is 2.10. The summed E-state index contributed by atoms with van der Waals surface area (Å²) < 4.78 is 0. The molecule has 1 amide bonds. The standard InChI is InChI=1S/C14H21N3O/c1-3-4-10-17(11-7-8-11)14(18)12-6-5-9-16-13(12)15-2/h5-6,9,11H,3-4,7-8,10H2,1-2H3,(H,15,16). The number of pyridine rings is 1. The van der Waals surface area contributed by atoms with Gasteiger partial charge < -0.3 is 10.2 Å². The van der Waals surface area contributed by atoms with E-state index in [0.717, 1.165) is 32.2 Å². The number of carbonyl (C=O) groups excluding carboxylic acids is 1. The van der Waals surface area contributed by atoms with Crippen LogP contribution in [0.1, 0.15) is 43.0 Å². The van der Waals surface area contributed by atoms with Crippen LogP contribution in [-0.4, -0.2) is 35.4 Å². The van der Waals surface area contributed by atoms with E-state index in [-0.39, 0.29) is 5.91 Å². The topological polar surface area (TPSA) is 45.2 Å². The van der Waals surface area contributed by atoms with Gasteiger partial charge in [0.05, 0.1) is 5.56 Å². The maximum Gasteiger partial charge on any atom is 0.257 e. The minimum atomic E-state index is 0.114. The largest absolute Gasteiger partial charge is 0.372 e. The fourth-order valence-electron chi connectivity index (χ4n) is 2.10. The second-order valence-corrected chi connectivity index (χ2v) is 4.73. The van der Waals surface area contributed by atoms with Crippen molar-refractivity contribution in [3.8, 4) is 0 Å². The van der Waals surface area contributed by atoms with Crippen LogP contribution in [0.5, 0.6) is 0 Å². The van der Waals surface area contributed by atoms with Crippen LogP contribution in [0.2, 0.25) is 0 Å². The number of anilines is 1. The third kappa shape index (κ3) is 2.81. The molecule has 4 nitrogen and oxygen atoms in total. The fraction of sp³-hybridized carbons (Fsp3) is 0.571. The van der Waals surface area contributed by atoms with E-state index < -0.39 is 0 Å². The summed E-state index contributed by atoms with van der Waals surface area (Å²) in [4.78, 5) is 18.8. The normalized spacial score (nSPS) is 14.3. The first kappa shape index (κ1) is 12.9. The number of nitrogens with one attached hydrogen (secondary N) is 1. The van der Waals surface area contributed by atoms with Gasteiger partial charge in [-0.05, 0) is 31.4 Å². The molecule has 98 valence electrons. The highest BCUT2D eigenvalue weighted by Gasteiger charge is 2.33. The third-order valence-electron chi connectivity index (χ3n) is 3.28. The minimum Gasteiger partial charge on any atom is -0.372 e. The van der Waals surface area contributed by atoms with E-state index in [1.165, 1.54) is 0 Å². The number of amides is 1. The summed E-state index contributed by atoms with van der Waals surface area (Å²) in [6, 6.07) is 4.12. The molecule has 0 atom stereocenters. The van der Waals surface area contributed by atoms with Gasteiger partial charge in [-0.2, -0.15) is 0 Å². The minimum absolute atomic E-state index is 0.114. The molecule has 0 bridgehead atoms. The summed E-state index contributed by atoms with van der Waals surface area (Å²) in [6.45, 7) is 3.01. The number of rotatable bonds is 6. The van der Waals surface area contributed by atoms with E-state index in [9.17, 15) is 4.79 Å². The average Bonchev–Trinajstić information content (AvgIpc) is 3.23. The van der Waals surface area contributed by atoms with Crippen LogP contribution in [0.3, 0.4) is 0 Å². The van der Waals surface area contributed by atoms with Gasteiger partial charge in [-0.25, -0.2) is 4.98 Å². The van der Waals surface area contributed by atoms with Crippen molar-refractivity contribution >= 4 is 11.7 Å². The van der Waals surface area contributed by atoms with Gasteiger partial charge in [0.2, 0.25) is 0 Å². The first-order valence-corrected chi connectivity index (χ1v) is 6.71. The Hall–Kier alpha value is -1.58. The second kappa shape index (κ2) is 5.85. The van der Waals surface area contributed by atoms with E-state index in [0.29, 0.717) is 17.4 Å². The van der Waals surface area contributed by atoms with Crippen molar-refractivity contribution in [1.29, 1.82) is 0 Å². The maximum atomic E-state index is 12.6. The Morgan fingerprint density at radius 1 is 1.56 bits per heavy atom. The highest BCUT2D eigenvalue weighted by atomic mass is 16.2. The average molecular weight is 247 g/mol. The smallest absolute Gasteiger partial charge is 0.257 e. The summed E-state index contributed by atoms with van der Waals surface area (Å²) in [5, 5.41) is 2.99. The number of unbranched alkanes of at least 4 members (excludes halogenated alkanes) is 1. The monoisotopic (exact) mass is 247 g/mol. The molecule has 4 heteroatoms. The van der Waals surface area contributed by atoms with Crippen LogP contribution >= 0.6 is 0 Å². The van der Waals surface area contributed by atoms with E-state index in [2.05, 4.69) is 17.2 Å². The van der Waals surface area contributed by atoms with Gasteiger partial charge in [0.15, 0.2) is 0 Å². The SMILES string of the molecule is CCCCN(C(=O)c1cccnc1NC)C1CC1. The number of nitrogens with zero attached hydrogens (tertiary/aromatic N) is 2. The van der Waals surface area contributed by atoms with E-state index in [1.807, 2.05) is 17.0 Å². The van der Waals surface area contributed by atoms with Gasteiger partial charge in [0.1, 0.15) is 5.82 Å². The van der Waals surface area contributed by atoms with Gasteiger partial charge in [0.25, 0.3) is 5.91 Å². The van der Waals surface area contributed by atoms with Crippen molar-refractivity contribution in [1.82, 2.24) is 9.88 Å². The first-order valence-electron chi connectivity index (χ1n) is 6.71. The number of hydrogen-bond acceptors (Lipinski definition) is 3. The van der Waals surface area contributed by atoms with Gasteiger partial charge in [-0.1, -0.05) is 13.3 Å². The van der Waals surface area contributed by atoms with Crippen LogP contribution in [0.15, 0.2) is 18.3 Å². The lowest BCUT2D eigenvalue weighted by atomic mass is 10.2. The Kier molecular flexibility index (Phi) is 4.18. The summed E-state index contributed by atoms with van der Waals surface area (Å²) >= 11 is 0. The lowest BCUT2D eigenvalue weighted by Gasteiger charge is -2.23. The molecule has 2 rings (SSSR count). The zero-order chi connectivity index (χ0) is 13.0. The number of aromatic nitrogens is 1. The van der Waals surface area contributed by atoms with Crippen LogP contribution in [0.4, 0.5) is 5.82 Å². The first-order chi connectivity index (χ1) is 8.77. The number of carbonyl (C=O) groups is 1. The molecular formula is C14H21N3O. The zero-order valence-electron chi connectivity index (χ0n) is 11.1. The van der Waals surface area contributed by atoms with Crippen molar-refractivity contribution in [2.45, 2.75) is 38.6 Å². The lowest BCUT2D eigenvalue weighted by molar-refractivity contribution is 0.0741. The Morgan fingerprint density at radius 3 is 2.94 bits per heavy atom. The Labute approximate surface area is 108 Å². The molecule has 1 aromatic heterocycles. The molecule has 1 aromatic rings. The van der Waals surface area contributed by atoms with Gasteiger partial charge >= 0.3 is 0 Å². The summed E-state index contributed by atoms with van der Waals surface area (Å²) in [6.07, 6.45) is 6.17. The van der Waals surface area contributed by atoms with E-state index >= 15 is 0 Å². The molecule has 1 aliphatic carbocycles.